The predicted molar refractivity (Wildman–Crippen MR) is 87.9 cm³/mol. The van der Waals surface area contributed by atoms with Gasteiger partial charge >= 0.3 is 0 Å². The van der Waals surface area contributed by atoms with E-state index in [1.165, 1.54) is 11.3 Å². The topological polar surface area (TPSA) is 15.3 Å². The maximum absolute atomic E-state index is 3.46. The molecule has 19 heavy (non-hydrogen) atoms. The van der Waals surface area contributed by atoms with Crippen LogP contribution in [0.15, 0.2) is 30.3 Å². The number of nitrogens with one attached hydrogen (secondary N) is 1. The summed E-state index contributed by atoms with van der Waals surface area (Å²) in [6, 6.07) is 11.8. The molecule has 1 rings (SSSR count). The molecule has 0 spiro atoms. The van der Waals surface area contributed by atoms with E-state index in [2.05, 4.69) is 74.7 Å². The molecule has 2 nitrogen and oxygen atoms in total. The molecule has 108 valence electrons. The molecule has 0 radical (unpaired) electrons. The van der Waals surface area contributed by atoms with Gasteiger partial charge in [0.15, 0.2) is 0 Å². The lowest BCUT2D eigenvalue weighted by Crippen LogP contribution is -2.38. The summed E-state index contributed by atoms with van der Waals surface area (Å²) in [5, 5.41) is 3.46. The third-order valence-corrected chi connectivity index (χ3v) is 4.59. The van der Waals surface area contributed by atoms with E-state index < -0.39 is 0 Å². The normalized spacial score (nSPS) is 16.3. The van der Waals surface area contributed by atoms with Gasteiger partial charge in [0.1, 0.15) is 0 Å². The van der Waals surface area contributed by atoms with Crippen molar-refractivity contribution >= 4 is 11.8 Å². The molecule has 0 bridgehead atoms. The Labute approximate surface area is 123 Å². The Bertz CT molecular complexity index is 342. The molecule has 0 amide bonds. The zero-order valence-corrected chi connectivity index (χ0v) is 13.7. The van der Waals surface area contributed by atoms with Crippen molar-refractivity contribution in [2.24, 2.45) is 5.92 Å². The summed E-state index contributed by atoms with van der Waals surface area (Å²) in [4.78, 5) is 2.47. The monoisotopic (exact) mass is 280 g/mol. The fourth-order valence-corrected chi connectivity index (χ4v) is 3.29. The van der Waals surface area contributed by atoms with Crippen LogP contribution in [0.1, 0.15) is 25.5 Å². The molecule has 0 aliphatic heterocycles. The van der Waals surface area contributed by atoms with Gasteiger partial charge in [0.25, 0.3) is 0 Å². The average molecular weight is 280 g/mol. The zero-order chi connectivity index (χ0) is 14.3. The van der Waals surface area contributed by atoms with Gasteiger partial charge in [0.05, 0.1) is 0 Å². The zero-order valence-electron chi connectivity index (χ0n) is 12.9. The van der Waals surface area contributed by atoms with E-state index in [0.717, 1.165) is 6.54 Å². The third kappa shape index (κ3) is 5.17. The smallest absolute Gasteiger partial charge is 0.0355 e. The highest BCUT2D eigenvalue weighted by Gasteiger charge is 2.20. The SMILES string of the molecule is CNC(c1ccccc1)C(C)CN(C)C(C)CSC. The summed E-state index contributed by atoms with van der Waals surface area (Å²) in [6.07, 6.45) is 2.17. The van der Waals surface area contributed by atoms with Gasteiger partial charge in [-0.3, -0.25) is 0 Å². The number of rotatable bonds is 8. The Morgan fingerprint density at radius 2 is 1.84 bits per heavy atom. The standard InChI is InChI=1S/C16H28N2S/c1-13(11-18(4)14(2)12-19-5)16(17-3)15-9-7-6-8-10-15/h6-10,13-14,16-17H,11-12H2,1-5H3. The van der Waals surface area contributed by atoms with Crippen LogP contribution in [0.25, 0.3) is 0 Å². The van der Waals surface area contributed by atoms with Crippen LogP contribution >= 0.6 is 11.8 Å². The van der Waals surface area contributed by atoms with Gasteiger partial charge in [0.2, 0.25) is 0 Å². The van der Waals surface area contributed by atoms with Crippen LogP contribution < -0.4 is 5.32 Å². The van der Waals surface area contributed by atoms with Gasteiger partial charge in [-0.2, -0.15) is 11.8 Å². The van der Waals surface area contributed by atoms with Crippen molar-refractivity contribution in [3.8, 4) is 0 Å². The second-order valence-corrected chi connectivity index (χ2v) is 6.31. The van der Waals surface area contributed by atoms with Crippen LogP contribution in [0.2, 0.25) is 0 Å². The molecule has 1 N–H and O–H groups in total. The van der Waals surface area contributed by atoms with E-state index >= 15 is 0 Å². The second kappa shape index (κ2) is 8.62. The van der Waals surface area contributed by atoms with E-state index in [4.69, 9.17) is 0 Å². The van der Waals surface area contributed by atoms with Crippen molar-refractivity contribution in [1.29, 1.82) is 0 Å². The lowest BCUT2D eigenvalue weighted by Gasteiger charge is -2.31. The molecule has 3 atom stereocenters. The number of nitrogens with zero attached hydrogens (tertiary/aromatic N) is 1. The molecule has 0 saturated carbocycles. The van der Waals surface area contributed by atoms with Gasteiger partial charge in [-0.15, -0.1) is 0 Å². The number of thioether (sulfide) groups is 1. The number of hydrogen-bond acceptors (Lipinski definition) is 3. The summed E-state index contributed by atoms with van der Waals surface area (Å²) < 4.78 is 0. The van der Waals surface area contributed by atoms with Gasteiger partial charge < -0.3 is 10.2 Å². The lowest BCUT2D eigenvalue weighted by atomic mass is 9.94. The van der Waals surface area contributed by atoms with Gasteiger partial charge in [-0.25, -0.2) is 0 Å². The first-order chi connectivity index (χ1) is 9.10. The third-order valence-electron chi connectivity index (χ3n) is 3.78. The molecular formula is C16H28N2S. The minimum absolute atomic E-state index is 0.421. The maximum atomic E-state index is 3.46. The van der Waals surface area contributed by atoms with Gasteiger partial charge in [-0.1, -0.05) is 37.3 Å². The summed E-state index contributed by atoms with van der Waals surface area (Å²) in [6.45, 7) is 5.75. The molecule has 0 fully saturated rings. The summed E-state index contributed by atoms with van der Waals surface area (Å²) in [7, 11) is 4.29. The van der Waals surface area contributed by atoms with Crippen LogP contribution in [0.5, 0.6) is 0 Å². The van der Waals surface area contributed by atoms with Gasteiger partial charge in [0, 0.05) is 24.4 Å². The minimum atomic E-state index is 0.421. The Hall–Kier alpha value is -0.510. The quantitative estimate of drug-likeness (QED) is 0.787. The van der Waals surface area contributed by atoms with Crippen molar-refractivity contribution in [3.63, 3.8) is 0 Å². The molecule has 0 aliphatic carbocycles. The fraction of sp³-hybridized carbons (Fsp3) is 0.625. The fourth-order valence-electron chi connectivity index (χ4n) is 2.55. The first kappa shape index (κ1) is 16.5. The molecule has 3 unspecified atom stereocenters. The molecule has 0 aliphatic rings. The predicted octanol–water partition coefficient (Wildman–Crippen LogP) is 3.27. The first-order valence-electron chi connectivity index (χ1n) is 7.01. The Morgan fingerprint density at radius 1 is 1.21 bits per heavy atom. The van der Waals surface area contributed by atoms with E-state index in [9.17, 15) is 0 Å². The highest BCUT2D eigenvalue weighted by Crippen LogP contribution is 2.22. The molecule has 1 aromatic rings. The molecular weight excluding hydrogens is 252 g/mol. The van der Waals surface area contributed by atoms with Crippen molar-refractivity contribution < 1.29 is 0 Å². The van der Waals surface area contributed by atoms with Crippen LogP contribution in [-0.4, -0.2) is 43.6 Å². The molecule has 0 heterocycles. The largest absolute Gasteiger partial charge is 0.313 e. The van der Waals surface area contributed by atoms with Crippen LogP contribution in [0.3, 0.4) is 0 Å². The molecule has 0 aromatic heterocycles. The minimum Gasteiger partial charge on any atom is -0.313 e. The van der Waals surface area contributed by atoms with Crippen molar-refractivity contribution in [1.82, 2.24) is 10.2 Å². The number of benzene rings is 1. The highest BCUT2D eigenvalue weighted by molar-refractivity contribution is 7.98. The number of hydrogen-bond donors (Lipinski definition) is 1. The Kier molecular flexibility index (Phi) is 7.51. The molecule has 3 heteroatoms. The summed E-state index contributed by atoms with van der Waals surface area (Å²) in [5.41, 5.74) is 1.38. The van der Waals surface area contributed by atoms with E-state index in [-0.39, 0.29) is 0 Å². The van der Waals surface area contributed by atoms with Crippen molar-refractivity contribution in [2.45, 2.75) is 25.9 Å². The average Bonchev–Trinajstić information content (AvgIpc) is 2.41. The highest BCUT2D eigenvalue weighted by atomic mass is 32.2. The van der Waals surface area contributed by atoms with Crippen LogP contribution in [-0.2, 0) is 0 Å². The maximum Gasteiger partial charge on any atom is 0.0355 e. The van der Waals surface area contributed by atoms with Crippen LogP contribution in [0, 0.1) is 5.92 Å². The van der Waals surface area contributed by atoms with Gasteiger partial charge in [-0.05, 0) is 38.8 Å². The molecule has 1 aromatic carbocycles. The van der Waals surface area contributed by atoms with E-state index in [1.807, 2.05) is 11.8 Å². The Balaban J connectivity index is 2.62. The van der Waals surface area contributed by atoms with E-state index in [1.54, 1.807) is 0 Å². The van der Waals surface area contributed by atoms with Crippen molar-refractivity contribution in [3.05, 3.63) is 35.9 Å². The molecule has 0 saturated heterocycles. The summed E-state index contributed by atoms with van der Waals surface area (Å²) in [5.74, 6) is 1.78. The van der Waals surface area contributed by atoms with Crippen LogP contribution in [0.4, 0.5) is 0 Å². The summed E-state index contributed by atoms with van der Waals surface area (Å²) >= 11 is 1.92. The van der Waals surface area contributed by atoms with Crippen molar-refractivity contribution in [2.75, 3.05) is 32.6 Å². The van der Waals surface area contributed by atoms with E-state index in [0.29, 0.717) is 18.0 Å². The lowest BCUT2D eigenvalue weighted by molar-refractivity contribution is 0.216. The second-order valence-electron chi connectivity index (χ2n) is 5.40. The first-order valence-corrected chi connectivity index (χ1v) is 8.40. The Morgan fingerprint density at radius 3 is 2.37 bits per heavy atom.